The van der Waals surface area contributed by atoms with Crippen molar-refractivity contribution in [1.29, 1.82) is 0 Å². The molecule has 0 radical (unpaired) electrons. The fourth-order valence-corrected chi connectivity index (χ4v) is 2.83. The molecule has 0 aliphatic carbocycles. The molecule has 2 aromatic heterocycles. The van der Waals surface area contributed by atoms with Gasteiger partial charge in [-0.15, -0.1) is 0 Å². The van der Waals surface area contributed by atoms with Crippen molar-refractivity contribution in [3.05, 3.63) is 71.2 Å². The van der Waals surface area contributed by atoms with Crippen molar-refractivity contribution in [2.24, 2.45) is 0 Å². The van der Waals surface area contributed by atoms with Crippen LogP contribution in [0.15, 0.2) is 48.7 Å². The molecule has 0 aliphatic rings. The van der Waals surface area contributed by atoms with Crippen molar-refractivity contribution in [2.45, 2.75) is 32.9 Å². The van der Waals surface area contributed by atoms with Gasteiger partial charge < -0.3 is 14.4 Å². The highest BCUT2D eigenvalue weighted by Crippen LogP contribution is 2.15. The summed E-state index contributed by atoms with van der Waals surface area (Å²) in [6.45, 7) is 5.66. The maximum absolute atomic E-state index is 12.9. The lowest BCUT2D eigenvalue weighted by Gasteiger charge is -2.18. The van der Waals surface area contributed by atoms with Gasteiger partial charge in [-0.05, 0) is 51.1 Å². The fraction of sp³-hybridized carbons (Fsp3) is 0.273. The molecular weight excluding hydrogens is 338 g/mol. The minimum absolute atomic E-state index is 0.0906. The molecule has 138 valence electrons. The molecule has 0 spiro atoms. The Balaban J connectivity index is 1.83. The third-order valence-electron chi connectivity index (χ3n) is 4.18. The number of amides is 1. The van der Waals surface area contributed by atoms with Gasteiger partial charge in [-0.3, -0.25) is 4.79 Å². The molecule has 3 aromatic rings. The Hall–Kier alpha value is -3.10. The molecule has 0 unspecified atom stereocenters. The molecule has 0 fully saturated rings. The molecular formula is C22H23N3O2. The van der Waals surface area contributed by atoms with E-state index >= 15 is 0 Å². The lowest BCUT2D eigenvalue weighted by Crippen LogP contribution is -2.27. The second-order valence-electron chi connectivity index (χ2n) is 7.12. The summed E-state index contributed by atoms with van der Waals surface area (Å²) in [5, 5.41) is 9.74. The van der Waals surface area contributed by atoms with E-state index in [1.807, 2.05) is 41.8 Å². The molecule has 1 amide bonds. The van der Waals surface area contributed by atoms with Crippen LogP contribution < -0.4 is 0 Å². The van der Waals surface area contributed by atoms with Gasteiger partial charge in [-0.25, -0.2) is 4.98 Å². The molecule has 1 aromatic carbocycles. The zero-order valence-electron chi connectivity index (χ0n) is 16.0. The van der Waals surface area contributed by atoms with Gasteiger partial charge in [0.25, 0.3) is 5.91 Å². The Kier molecular flexibility index (Phi) is 5.02. The number of carbonyl (C=O) groups excluding carboxylic acids is 1. The lowest BCUT2D eigenvalue weighted by molar-refractivity contribution is 0.0783. The Morgan fingerprint density at radius 1 is 1.26 bits per heavy atom. The van der Waals surface area contributed by atoms with Crippen LogP contribution in [0.4, 0.5) is 0 Å². The van der Waals surface area contributed by atoms with Crippen LogP contribution in [0.3, 0.4) is 0 Å². The molecule has 5 nitrogen and oxygen atoms in total. The third-order valence-corrected chi connectivity index (χ3v) is 4.18. The Labute approximate surface area is 159 Å². The normalized spacial score (nSPS) is 11.1. The highest BCUT2D eigenvalue weighted by Gasteiger charge is 2.16. The summed E-state index contributed by atoms with van der Waals surface area (Å²) in [6, 6.07) is 13.0. The first-order chi connectivity index (χ1) is 12.7. The van der Waals surface area contributed by atoms with Gasteiger partial charge >= 0.3 is 0 Å². The Bertz CT molecular complexity index is 1050. The SMILES string of the molecule is Cc1nc2ccccn2c1CN(C)C(=O)c1cccc(C#CC(C)(C)O)c1. The summed E-state index contributed by atoms with van der Waals surface area (Å²) < 4.78 is 2.00. The maximum atomic E-state index is 12.9. The largest absolute Gasteiger partial charge is 0.378 e. The Morgan fingerprint density at radius 2 is 2.04 bits per heavy atom. The van der Waals surface area contributed by atoms with E-state index in [0.29, 0.717) is 17.7 Å². The van der Waals surface area contributed by atoms with Crippen LogP contribution in [0.2, 0.25) is 0 Å². The summed E-state index contributed by atoms with van der Waals surface area (Å²) in [6.07, 6.45) is 1.95. The number of imidazole rings is 1. The molecule has 3 rings (SSSR count). The average Bonchev–Trinajstić information content (AvgIpc) is 2.94. The van der Waals surface area contributed by atoms with E-state index in [4.69, 9.17) is 0 Å². The summed E-state index contributed by atoms with van der Waals surface area (Å²) in [5.74, 6) is 5.59. The van der Waals surface area contributed by atoms with E-state index in [9.17, 15) is 9.90 Å². The fourth-order valence-electron chi connectivity index (χ4n) is 2.83. The van der Waals surface area contributed by atoms with Gasteiger partial charge in [0.2, 0.25) is 0 Å². The highest BCUT2D eigenvalue weighted by molar-refractivity contribution is 5.94. The molecule has 27 heavy (non-hydrogen) atoms. The van der Waals surface area contributed by atoms with E-state index in [2.05, 4.69) is 16.8 Å². The predicted octanol–water partition coefficient (Wildman–Crippen LogP) is 3.04. The van der Waals surface area contributed by atoms with Gasteiger partial charge in [-0.1, -0.05) is 24.0 Å². The van der Waals surface area contributed by atoms with Crippen molar-refractivity contribution in [1.82, 2.24) is 14.3 Å². The summed E-state index contributed by atoms with van der Waals surface area (Å²) in [4.78, 5) is 19.1. The van der Waals surface area contributed by atoms with E-state index in [1.54, 1.807) is 44.0 Å². The zero-order chi connectivity index (χ0) is 19.6. The third kappa shape index (κ3) is 4.36. The number of benzene rings is 1. The van der Waals surface area contributed by atoms with E-state index in [-0.39, 0.29) is 5.91 Å². The summed E-state index contributed by atoms with van der Waals surface area (Å²) in [5.41, 5.74) is 2.95. The van der Waals surface area contributed by atoms with Crippen molar-refractivity contribution < 1.29 is 9.90 Å². The number of nitrogens with zero attached hydrogens (tertiary/aromatic N) is 3. The monoisotopic (exact) mass is 361 g/mol. The Morgan fingerprint density at radius 3 is 2.78 bits per heavy atom. The topological polar surface area (TPSA) is 57.8 Å². The van der Waals surface area contributed by atoms with Crippen LogP contribution >= 0.6 is 0 Å². The molecule has 0 bridgehead atoms. The molecule has 0 atom stereocenters. The second-order valence-corrected chi connectivity index (χ2v) is 7.12. The number of hydrogen-bond acceptors (Lipinski definition) is 3. The number of aliphatic hydroxyl groups is 1. The number of carbonyl (C=O) groups is 1. The van der Waals surface area contributed by atoms with Crippen molar-refractivity contribution in [3.63, 3.8) is 0 Å². The minimum atomic E-state index is -1.07. The zero-order valence-corrected chi connectivity index (χ0v) is 16.0. The first-order valence-electron chi connectivity index (χ1n) is 8.78. The number of aromatic nitrogens is 2. The number of aryl methyl sites for hydroxylation is 1. The van der Waals surface area contributed by atoms with Crippen LogP contribution in [0.5, 0.6) is 0 Å². The van der Waals surface area contributed by atoms with Crippen molar-refractivity contribution in [2.75, 3.05) is 7.05 Å². The lowest BCUT2D eigenvalue weighted by atomic mass is 10.1. The van der Waals surface area contributed by atoms with Crippen molar-refractivity contribution >= 4 is 11.6 Å². The van der Waals surface area contributed by atoms with E-state index < -0.39 is 5.60 Å². The number of fused-ring (bicyclic) bond motifs is 1. The maximum Gasteiger partial charge on any atom is 0.253 e. The molecule has 0 aliphatic heterocycles. The number of rotatable bonds is 3. The van der Waals surface area contributed by atoms with Crippen LogP contribution in [-0.2, 0) is 6.54 Å². The molecule has 0 saturated heterocycles. The first kappa shape index (κ1) is 18.7. The van der Waals surface area contributed by atoms with E-state index in [0.717, 1.165) is 17.0 Å². The van der Waals surface area contributed by atoms with Crippen LogP contribution in [-0.4, -0.2) is 37.9 Å². The van der Waals surface area contributed by atoms with Gasteiger partial charge in [0, 0.05) is 24.4 Å². The number of hydrogen-bond donors (Lipinski definition) is 1. The van der Waals surface area contributed by atoms with Crippen LogP contribution in [0.1, 0.15) is 41.2 Å². The molecule has 2 heterocycles. The first-order valence-corrected chi connectivity index (χ1v) is 8.78. The van der Waals surface area contributed by atoms with E-state index in [1.165, 1.54) is 0 Å². The minimum Gasteiger partial charge on any atom is -0.378 e. The predicted molar refractivity (Wildman–Crippen MR) is 105 cm³/mol. The van der Waals surface area contributed by atoms with Gasteiger partial charge in [0.15, 0.2) is 0 Å². The van der Waals surface area contributed by atoms with Crippen LogP contribution in [0, 0.1) is 18.8 Å². The molecule has 1 N–H and O–H groups in total. The smallest absolute Gasteiger partial charge is 0.253 e. The highest BCUT2D eigenvalue weighted by atomic mass is 16.3. The van der Waals surface area contributed by atoms with Gasteiger partial charge in [0.1, 0.15) is 11.2 Å². The molecule has 0 saturated carbocycles. The summed E-state index contributed by atoms with van der Waals surface area (Å²) >= 11 is 0. The van der Waals surface area contributed by atoms with Crippen LogP contribution in [0.25, 0.3) is 5.65 Å². The standard InChI is InChI=1S/C22H23N3O2/c1-16-19(25-13-6-5-10-20(25)23-16)15-24(4)21(26)18-9-7-8-17(14-18)11-12-22(2,3)27/h5-10,13-14,27H,15H2,1-4H3. The summed E-state index contributed by atoms with van der Waals surface area (Å²) in [7, 11) is 1.78. The second kappa shape index (κ2) is 7.26. The quantitative estimate of drug-likeness (QED) is 0.730. The molecule has 5 heteroatoms. The van der Waals surface area contributed by atoms with Crippen molar-refractivity contribution in [3.8, 4) is 11.8 Å². The number of pyridine rings is 1. The average molecular weight is 361 g/mol. The van der Waals surface area contributed by atoms with Gasteiger partial charge in [0.05, 0.1) is 17.9 Å². The van der Waals surface area contributed by atoms with Gasteiger partial charge in [-0.2, -0.15) is 0 Å².